The molecule has 0 spiro atoms. The molecule has 1 unspecified atom stereocenters. The fourth-order valence-corrected chi connectivity index (χ4v) is 2.60. The summed E-state index contributed by atoms with van der Waals surface area (Å²) in [6.07, 6.45) is 6.29. The number of fused-ring (bicyclic) bond motifs is 1. The molecule has 4 nitrogen and oxygen atoms in total. The Morgan fingerprint density at radius 2 is 2.22 bits per heavy atom. The Balaban J connectivity index is 1.89. The van der Waals surface area contributed by atoms with Crippen molar-refractivity contribution in [1.82, 2.24) is 10.3 Å². The molecule has 1 aliphatic rings. The number of aliphatic hydroxyl groups is 1. The molecule has 1 atom stereocenters. The lowest BCUT2D eigenvalue weighted by atomic mass is 9.91. The van der Waals surface area contributed by atoms with E-state index in [9.17, 15) is 4.79 Å². The number of aromatic amines is 1. The van der Waals surface area contributed by atoms with E-state index in [-0.39, 0.29) is 12.2 Å². The molecule has 1 aliphatic carbocycles. The molecule has 100 valence electrons. The van der Waals surface area contributed by atoms with E-state index < -0.39 is 0 Å². The molecule has 0 aromatic carbocycles. The van der Waals surface area contributed by atoms with Crippen LogP contribution in [0.3, 0.4) is 0 Å². The Bertz CT molecular complexity index is 428. The van der Waals surface area contributed by atoms with Gasteiger partial charge >= 0.3 is 0 Å². The lowest BCUT2D eigenvalue weighted by molar-refractivity contribution is 0.282. The van der Waals surface area contributed by atoms with Gasteiger partial charge in [0.25, 0.3) is 0 Å². The minimum atomic E-state index is -0.00246. The third-order valence-electron chi connectivity index (χ3n) is 3.56. The zero-order chi connectivity index (χ0) is 12.8. The van der Waals surface area contributed by atoms with Gasteiger partial charge in [0.1, 0.15) is 0 Å². The van der Waals surface area contributed by atoms with Crippen LogP contribution >= 0.6 is 0 Å². The highest BCUT2D eigenvalue weighted by Crippen LogP contribution is 2.27. The smallest absolute Gasteiger partial charge is 0.248 e. The molecule has 1 heterocycles. The summed E-state index contributed by atoms with van der Waals surface area (Å²) in [5.41, 5.74) is 2.35. The summed E-state index contributed by atoms with van der Waals surface area (Å²) in [5, 5.41) is 12.3. The van der Waals surface area contributed by atoms with Crippen molar-refractivity contribution in [3.63, 3.8) is 0 Å². The van der Waals surface area contributed by atoms with E-state index in [1.54, 1.807) is 6.07 Å². The largest absolute Gasteiger partial charge is 0.396 e. The molecule has 4 heteroatoms. The van der Waals surface area contributed by atoms with Crippen molar-refractivity contribution in [3.05, 3.63) is 33.7 Å². The molecule has 1 aromatic heterocycles. The van der Waals surface area contributed by atoms with Gasteiger partial charge in [0.15, 0.2) is 0 Å². The highest BCUT2D eigenvalue weighted by atomic mass is 16.2. The average Bonchev–Trinajstić information content (AvgIpc) is 2.38. The van der Waals surface area contributed by atoms with Crippen molar-refractivity contribution in [2.45, 2.75) is 44.6 Å². The van der Waals surface area contributed by atoms with E-state index in [2.05, 4.69) is 10.3 Å². The van der Waals surface area contributed by atoms with E-state index in [4.69, 9.17) is 5.11 Å². The van der Waals surface area contributed by atoms with Gasteiger partial charge in [-0.05, 0) is 50.6 Å². The summed E-state index contributed by atoms with van der Waals surface area (Å²) < 4.78 is 0. The SMILES string of the molecule is O=c1ccc2c([nH]1)CCCC2NCCCCCO. The topological polar surface area (TPSA) is 65.1 Å². The van der Waals surface area contributed by atoms with Gasteiger partial charge in [0.05, 0.1) is 0 Å². The number of aryl methyl sites for hydroxylation is 1. The summed E-state index contributed by atoms with van der Waals surface area (Å²) in [6.45, 7) is 1.26. The Kier molecular flexibility index (Phi) is 4.96. The first-order chi connectivity index (χ1) is 8.81. The second kappa shape index (κ2) is 6.71. The molecule has 0 radical (unpaired) electrons. The van der Waals surface area contributed by atoms with Crippen molar-refractivity contribution in [3.8, 4) is 0 Å². The summed E-state index contributed by atoms with van der Waals surface area (Å²) in [5.74, 6) is 0. The molecule has 1 aromatic rings. The lowest BCUT2D eigenvalue weighted by Crippen LogP contribution is -2.28. The molecule has 0 saturated heterocycles. The van der Waals surface area contributed by atoms with Crippen LogP contribution in [0, 0.1) is 0 Å². The monoisotopic (exact) mass is 250 g/mol. The third kappa shape index (κ3) is 3.43. The van der Waals surface area contributed by atoms with Gasteiger partial charge < -0.3 is 15.4 Å². The Labute approximate surface area is 107 Å². The molecule has 3 N–H and O–H groups in total. The number of aromatic nitrogens is 1. The van der Waals surface area contributed by atoms with Crippen molar-refractivity contribution >= 4 is 0 Å². The number of hydrogen-bond acceptors (Lipinski definition) is 3. The van der Waals surface area contributed by atoms with Crippen LogP contribution in [-0.2, 0) is 6.42 Å². The van der Waals surface area contributed by atoms with E-state index in [0.717, 1.165) is 50.8 Å². The van der Waals surface area contributed by atoms with Crippen molar-refractivity contribution in [1.29, 1.82) is 0 Å². The highest BCUT2D eigenvalue weighted by molar-refractivity contribution is 5.26. The Morgan fingerprint density at radius 3 is 3.06 bits per heavy atom. The van der Waals surface area contributed by atoms with Crippen LogP contribution in [0.25, 0.3) is 0 Å². The third-order valence-corrected chi connectivity index (χ3v) is 3.56. The van der Waals surface area contributed by atoms with Gasteiger partial charge in [0.2, 0.25) is 5.56 Å². The fraction of sp³-hybridized carbons (Fsp3) is 0.643. The van der Waals surface area contributed by atoms with E-state index in [1.165, 1.54) is 5.56 Å². The van der Waals surface area contributed by atoms with Crippen LogP contribution in [-0.4, -0.2) is 23.2 Å². The van der Waals surface area contributed by atoms with Crippen LogP contribution in [0.1, 0.15) is 49.4 Å². The molecular weight excluding hydrogens is 228 g/mol. The summed E-state index contributed by atoms with van der Waals surface area (Å²) in [7, 11) is 0. The molecule has 0 fully saturated rings. The van der Waals surface area contributed by atoms with Crippen molar-refractivity contribution < 1.29 is 5.11 Å². The van der Waals surface area contributed by atoms with Gasteiger partial charge in [-0.15, -0.1) is 0 Å². The highest BCUT2D eigenvalue weighted by Gasteiger charge is 2.19. The number of H-pyrrole nitrogens is 1. The van der Waals surface area contributed by atoms with E-state index >= 15 is 0 Å². The number of hydrogen-bond donors (Lipinski definition) is 3. The predicted octanol–water partition coefficient (Wildman–Crippen LogP) is 1.50. The number of rotatable bonds is 6. The molecule has 0 aliphatic heterocycles. The van der Waals surface area contributed by atoms with Crippen LogP contribution < -0.4 is 10.9 Å². The molecule has 0 amide bonds. The van der Waals surface area contributed by atoms with Crippen molar-refractivity contribution in [2.24, 2.45) is 0 Å². The number of nitrogens with one attached hydrogen (secondary N) is 2. The van der Waals surface area contributed by atoms with E-state index in [0.29, 0.717) is 6.04 Å². The van der Waals surface area contributed by atoms with Crippen LogP contribution in [0.4, 0.5) is 0 Å². The number of aliphatic hydroxyl groups excluding tert-OH is 1. The summed E-state index contributed by atoms with van der Waals surface area (Å²) in [4.78, 5) is 14.2. The fourth-order valence-electron chi connectivity index (χ4n) is 2.60. The second-order valence-corrected chi connectivity index (χ2v) is 4.94. The first-order valence-electron chi connectivity index (χ1n) is 6.87. The minimum absolute atomic E-state index is 0.00246. The van der Waals surface area contributed by atoms with Crippen LogP contribution in [0.5, 0.6) is 0 Å². The van der Waals surface area contributed by atoms with Crippen molar-refractivity contribution in [2.75, 3.05) is 13.2 Å². The quantitative estimate of drug-likeness (QED) is 0.670. The lowest BCUT2D eigenvalue weighted by Gasteiger charge is -2.26. The van der Waals surface area contributed by atoms with Gasteiger partial charge in [-0.1, -0.05) is 6.07 Å². The average molecular weight is 250 g/mol. The summed E-state index contributed by atoms with van der Waals surface area (Å²) >= 11 is 0. The first kappa shape index (κ1) is 13.3. The minimum Gasteiger partial charge on any atom is -0.396 e. The van der Waals surface area contributed by atoms with Crippen LogP contribution in [0.2, 0.25) is 0 Å². The zero-order valence-electron chi connectivity index (χ0n) is 10.7. The molecule has 18 heavy (non-hydrogen) atoms. The van der Waals surface area contributed by atoms with Crippen LogP contribution in [0.15, 0.2) is 16.9 Å². The maximum Gasteiger partial charge on any atom is 0.248 e. The molecule has 2 rings (SSSR count). The Hall–Kier alpha value is -1.13. The predicted molar refractivity (Wildman–Crippen MR) is 71.7 cm³/mol. The van der Waals surface area contributed by atoms with Gasteiger partial charge in [0, 0.05) is 24.4 Å². The van der Waals surface area contributed by atoms with Gasteiger partial charge in [-0.2, -0.15) is 0 Å². The first-order valence-corrected chi connectivity index (χ1v) is 6.87. The van der Waals surface area contributed by atoms with E-state index in [1.807, 2.05) is 6.07 Å². The van der Waals surface area contributed by atoms with Gasteiger partial charge in [-0.3, -0.25) is 4.79 Å². The zero-order valence-corrected chi connectivity index (χ0v) is 10.7. The normalized spacial score (nSPS) is 18.6. The standard InChI is InChI=1S/C14H22N2O2/c17-10-3-1-2-9-15-12-5-4-6-13-11(12)7-8-14(18)16-13/h7-8,12,15,17H,1-6,9-10H2,(H,16,18). The molecule has 0 saturated carbocycles. The molecule has 0 bridgehead atoms. The summed E-state index contributed by atoms with van der Waals surface area (Å²) in [6, 6.07) is 3.95. The maximum absolute atomic E-state index is 11.3. The Morgan fingerprint density at radius 1 is 1.33 bits per heavy atom. The number of unbranched alkanes of at least 4 members (excludes halogenated alkanes) is 2. The maximum atomic E-state index is 11.3. The second-order valence-electron chi connectivity index (χ2n) is 4.94. The van der Waals surface area contributed by atoms with Gasteiger partial charge in [-0.25, -0.2) is 0 Å². The number of pyridine rings is 1. The molecular formula is C14H22N2O2.